The summed E-state index contributed by atoms with van der Waals surface area (Å²) >= 11 is 9.56. The van der Waals surface area contributed by atoms with Crippen molar-refractivity contribution in [2.24, 2.45) is 5.10 Å². The molecule has 0 radical (unpaired) electrons. The molecule has 152 valence electrons. The third kappa shape index (κ3) is 4.64. The van der Waals surface area contributed by atoms with E-state index in [1.165, 1.54) is 0 Å². The maximum atomic E-state index is 13.0. The average Bonchev–Trinajstić information content (AvgIpc) is 3.04. The molecule has 0 aliphatic carbocycles. The molecule has 4 rings (SSSR count). The molecule has 1 atom stereocenters. The smallest absolute Gasteiger partial charge is 0.258 e. The number of carbonyl (C=O) groups is 1. The highest BCUT2D eigenvalue weighted by Gasteiger charge is 2.39. The Labute approximate surface area is 189 Å². The third-order valence-corrected chi connectivity index (χ3v) is 5.81. The number of benzene rings is 3. The van der Waals surface area contributed by atoms with Crippen molar-refractivity contribution < 1.29 is 4.79 Å². The Bertz CT molecular complexity index is 1070. The Morgan fingerprint density at radius 2 is 1.80 bits per heavy atom. The summed E-state index contributed by atoms with van der Waals surface area (Å²) in [5, 5.41) is 7.01. The first-order chi connectivity index (χ1) is 14.5. The van der Waals surface area contributed by atoms with Gasteiger partial charge in [0.15, 0.2) is 0 Å². The van der Waals surface area contributed by atoms with Gasteiger partial charge < -0.3 is 0 Å². The fourth-order valence-electron chi connectivity index (χ4n) is 3.62. The molecule has 1 aliphatic heterocycles. The molecule has 1 saturated heterocycles. The van der Waals surface area contributed by atoms with E-state index in [-0.39, 0.29) is 12.1 Å². The molecule has 0 aromatic heterocycles. The van der Waals surface area contributed by atoms with E-state index in [1.807, 2.05) is 73.7 Å². The van der Waals surface area contributed by atoms with Crippen LogP contribution in [0.15, 0.2) is 88.4 Å². The maximum Gasteiger partial charge on any atom is 0.258 e. The Morgan fingerprint density at radius 1 is 1.07 bits per heavy atom. The first kappa shape index (κ1) is 20.8. The molecule has 0 unspecified atom stereocenters. The van der Waals surface area contributed by atoms with Gasteiger partial charge in [-0.15, -0.1) is 0 Å². The van der Waals surface area contributed by atoms with Crippen molar-refractivity contribution in [3.8, 4) is 0 Å². The van der Waals surface area contributed by atoms with E-state index in [2.05, 4.69) is 33.0 Å². The second kappa shape index (κ2) is 9.13. The van der Waals surface area contributed by atoms with Crippen molar-refractivity contribution in [1.82, 2.24) is 9.91 Å². The van der Waals surface area contributed by atoms with Gasteiger partial charge in [-0.1, -0.05) is 82.1 Å². The number of hydrogen-bond acceptors (Lipinski definition) is 3. The van der Waals surface area contributed by atoms with Crippen LogP contribution in [0.25, 0.3) is 0 Å². The van der Waals surface area contributed by atoms with E-state index < -0.39 is 0 Å². The van der Waals surface area contributed by atoms with Crippen molar-refractivity contribution in [3.05, 3.63) is 105 Å². The second-order valence-electron chi connectivity index (χ2n) is 7.25. The van der Waals surface area contributed by atoms with Crippen LogP contribution in [0.3, 0.4) is 0 Å². The Balaban J connectivity index is 1.71. The number of nitrogens with zero attached hydrogens (tertiary/aromatic N) is 3. The molecular formula is C24H21BrClN3O. The minimum atomic E-state index is -0.280. The summed E-state index contributed by atoms with van der Waals surface area (Å²) in [6.07, 6.45) is -0.280. The highest BCUT2D eigenvalue weighted by atomic mass is 79.9. The van der Waals surface area contributed by atoms with Crippen LogP contribution in [0.4, 0.5) is 0 Å². The van der Waals surface area contributed by atoms with Crippen LogP contribution in [0.2, 0.25) is 5.02 Å². The minimum Gasteiger partial charge on any atom is -0.271 e. The van der Waals surface area contributed by atoms with Crippen LogP contribution in [0.5, 0.6) is 0 Å². The molecule has 0 saturated carbocycles. The number of rotatable bonds is 5. The highest BCUT2D eigenvalue weighted by Crippen LogP contribution is 2.34. The molecule has 0 N–H and O–H groups in total. The summed E-state index contributed by atoms with van der Waals surface area (Å²) in [5.41, 5.74) is 3.87. The lowest BCUT2D eigenvalue weighted by atomic mass is 10.1. The Kier molecular flexibility index (Phi) is 6.32. The molecule has 1 amide bonds. The zero-order valence-corrected chi connectivity index (χ0v) is 18.8. The van der Waals surface area contributed by atoms with Crippen molar-refractivity contribution >= 4 is 39.1 Å². The van der Waals surface area contributed by atoms with E-state index in [4.69, 9.17) is 16.7 Å². The molecule has 0 bridgehead atoms. The number of hydrogen-bond donors (Lipinski definition) is 0. The molecule has 1 aliphatic rings. The standard InChI is InChI=1S/C24H21BrClN3O/c1-17(19-10-12-22(26)13-11-19)27-29-23(30)16-28(15-18-6-3-2-4-7-18)24(29)20-8-5-9-21(25)14-20/h2-14,24H,15-16H2,1H3/b27-17-/t24-/m0/s1. The third-order valence-electron chi connectivity index (χ3n) is 5.07. The average molecular weight is 483 g/mol. The Hall–Kier alpha value is -2.47. The first-order valence-electron chi connectivity index (χ1n) is 9.68. The molecule has 4 nitrogen and oxygen atoms in total. The number of hydrazone groups is 1. The Morgan fingerprint density at radius 3 is 2.50 bits per heavy atom. The van der Waals surface area contributed by atoms with Crippen LogP contribution in [0, 0.1) is 0 Å². The predicted octanol–water partition coefficient (Wildman–Crippen LogP) is 5.87. The van der Waals surface area contributed by atoms with E-state index in [0.717, 1.165) is 26.9 Å². The van der Waals surface area contributed by atoms with Gasteiger partial charge in [0.05, 0.1) is 12.3 Å². The van der Waals surface area contributed by atoms with Gasteiger partial charge in [-0.25, -0.2) is 5.01 Å². The quantitative estimate of drug-likeness (QED) is 0.426. The number of amides is 1. The highest BCUT2D eigenvalue weighted by molar-refractivity contribution is 9.10. The lowest BCUT2D eigenvalue weighted by Crippen LogP contribution is -2.29. The van der Waals surface area contributed by atoms with Crippen molar-refractivity contribution in [2.45, 2.75) is 19.6 Å². The SMILES string of the molecule is C/C(=N/N1C(=O)CN(Cc2ccccc2)[C@@H]1c1cccc(Br)c1)c1ccc(Cl)cc1. The van der Waals surface area contributed by atoms with Crippen LogP contribution in [0.1, 0.15) is 29.8 Å². The lowest BCUT2D eigenvalue weighted by Gasteiger charge is -2.28. The van der Waals surface area contributed by atoms with Gasteiger partial charge in [-0.3, -0.25) is 9.69 Å². The topological polar surface area (TPSA) is 35.9 Å². The molecule has 1 heterocycles. The summed E-state index contributed by atoms with van der Waals surface area (Å²) in [7, 11) is 0. The van der Waals surface area contributed by atoms with E-state index in [9.17, 15) is 4.79 Å². The van der Waals surface area contributed by atoms with Gasteiger partial charge in [-0.2, -0.15) is 5.10 Å². The molecule has 0 spiro atoms. The first-order valence-corrected chi connectivity index (χ1v) is 10.8. The maximum absolute atomic E-state index is 13.0. The molecule has 30 heavy (non-hydrogen) atoms. The number of halogens is 2. The molecule has 3 aromatic rings. The van der Waals surface area contributed by atoms with Gasteiger partial charge >= 0.3 is 0 Å². The fraction of sp³-hybridized carbons (Fsp3) is 0.167. The van der Waals surface area contributed by atoms with E-state index in [1.54, 1.807) is 5.01 Å². The van der Waals surface area contributed by atoms with Crippen LogP contribution < -0.4 is 0 Å². The summed E-state index contributed by atoms with van der Waals surface area (Å²) in [6, 6.07) is 25.7. The van der Waals surface area contributed by atoms with Gasteiger partial charge in [0.25, 0.3) is 5.91 Å². The van der Waals surface area contributed by atoms with Gasteiger partial charge in [-0.05, 0) is 47.9 Å². The summed E-state index contributed by atoms with van der Waals surface area (Å²) in [4.78, 5) is 15.2. The lowest BCUT2D eigenvalue weighted by molar-refractivity contribution is -0.128. The largest absolute Gasteiger partial charge is 0.271 e. The zero-order chi connectivity index (χ0) is 21.1. The molecular weight excluding hydrogens is 462 g/mol. The molecule has 1 fully saturated rings. The second-order valence-corrected chi connectivity index (χ2v) is 8.60. The van der Waals surface area contributed by atoms with Crippen molar-refractivity contribution in [2.75, 3.05) is 6.54 Å². The molecule has 3 aromatic carbocycles. The fourth-order valence-corrected chi connectivity index (χ4v) is 4.17. The van der Waals surface area contributed by atoms with Crippen molar-refractivity contribution in [3.63, 3.8) is 0 Å². The van der Waals surface area contributed by atoms with Gasteiger partial charge in [0.2, 0.25) is 0 Å². The summed E-state index contributed by atoms with van der Waals surface area (Å²) in [5.74, 6) is -0.0239. The molecule has 6 heteroatoms. The summed E-state index contributed by atoms with van der Waals surface area (Å²) in [6.45, 7) is 2.88. The predicted molar refractivity (Wildman–Crippen MR) is 124 cm³/mol. The van der Waals surface area contributed by atoms with Crippen LogP contribution >= 0.6 is 27.5 Å². The van der Waals surface area contributed by atoms with Gasteiger partial charge in [0, 0.05) is 16.0 Å². The van der Waals surface area contributed by atoms with Crippen LogP contribution in [-0.2, 0) is 11.3 Å². The van der Waals surface area contributed by atoms with Gasteiger partial charge in [0.1, 0.15) is 6.17 Å². The van der Waals surface area contributed by atoms with E-state index >= 15 is 0 Å². The monoisotopic (exact) mass is 481 g/mol. The van der Waals surface area contributed by atoms with Crippen molar-refractivity contribution in [1.29, 1.82) is 0 Å². The summed E-state index contributed by atoms with van der Waals surface area (Å²) < 4.78 is 0.970. The van der Waals surface area contributed by atoms with E-state index in [0.29, 0.717) is 18.1 Å². The zero-order valence-electron chi connectivity index (χ0n) is 16.5. The minimum absolute atomic E-state index is 0.0239. The normalized spacial score (nSPS) is 17.6. The van der Waals surface area contributed by atoms with Crippen LogP contribution in [-0.4, -0.2) is 28.1 Å². The number of carbonyl (C=O) groups excluding carboxylic acids is 1.